The van der Waals surface area contributed by atoms with Gasteiger partial charge >= 0.3 is 11.0 Å². The largest absolute Gasteiger partial charge is 0.494 e. The van der Waals surface area contributed by atoms with Crippen LogP contribution in [0.25, 0.3) is 0 Å². The number of halogens is 4. The standard InChI is InChI=1S/C19H14ClF3N2O3S/c20-13-7-10(19(21,22)23)4-5-14(13)28-11-6-9-2-1-3-12(15(9)24-8-11)16-17(26)25-18(27)29-16/h4-8,12,26H,1-3H2,(H,25,27)/t12-/m1/s1. The molecule has 1 aliphatic carbocycles. The Morgan fingerprint density at radius 2 is 2.10 bits per heavy atom. The molecule has 0 radical (unpaired) electrons. The van der Waals surface area contributed by atoms with Crippen molar-refractivity contribution in [2.24, 2.45) is 0 Å². The van der Waals surface area contributed by atoms with Gasteiger partial charge in [0.2, 0.25) is 5.88 Å². The van der Waals surface area contributed by atoms with Crippen LogP contribution in [0.15, 0.2) is 35.3 Å². The molecule has 1 atom stereocenters. The Morgan fingerprint density at radius 1 is 1.31 bits per heavy atom. The second kappa shape index (κ2) is 7.38. The lowest BCUT2D eigenvalue weighted by molar-refractivity contribution is -0.137. The van der Waals surface area contributed by atoms with E-state index in [1.165, 1.54) is 12.3 Å². The molecule has 0 bridgehead atoms. The highest BCUT2D eigenvalue weighted by atomic mass is 35.5. The van der Waals surface area contributed by atoms with Crippen LogP contribution in [0.1, 0.15) is 40.5 Å². The maximum atomic E-state index is 12.8. The molecule has 2 N–H and O–H groups in total. The molecule has 152 valence electrons. The molecular weight excluding hydrogens is 429 g/mol. The topological polar surface area (TPSA) is 75.2 Å². The molecule has 10 heteroatoms. The molecule has 4 rings (SSSR count). The highest BCUT2D eigenvalue weighted by Crippen LogP contribution is 2.41. The summed E-state index contributed by atoms with van der Waals surface area (Å²) in [5.74, 6) is 0.0933. The first-order valence-corrected chi connectivity index (χ1v) is 9.87. The fraction of sp³-hybridized carbons (Fsp3) is 0.263. The molecule has 29 heavy (non-hydrogen) atoms. The minimum Gasteiger partial charge on any atom is -0.494 e. The first kappa shape index (κ1) is 19.8. The number of alkyl halides is 3. The molecular formula is C19H14ClF3N2O3S. The van der Waals surface area contributed by atoms with Crippen molar-refractivity contribution in [3.8, 4) is 17.4 Å². The second-order valence-electron chi connectivity index (χ2n) is 6.63. The zero-order chi connectivity index (χ0) is 20.8. The van der Waals surface area contributed by atoms with Crippen molar-refractivity contribution in [3.05, 3.63) is 66.9 Å². The number of pyridine rings is 1. The number of aromatic nitrogens is 2. The Balaban J connectivity index is 1.62. The van der Waals surface area contributed by atoms with Crippen LogP contribution in [0.3, 0.4) is 0 Å². The summed E-state index contributed by atoms with van der Waals surface area (Å²) in [4.78, 5) is 18.5. The third-order valence-corrected chi connectivity index (χ3v) is 5.99. The van der Waals surface area contributed by atoms with Crippen molar-refractivity contribution in [3.63, 3.8) is 0 Å². The zero-order valence-electron chi connectivity index (χ0n) is 14.7. The second-order valence-corrected chi connectivity index (χ2v) is 8.05. The fourth-order valence-corrected chi connectivity index (χ4v) is 4.50. The van der Waals surface area contributed by atoms with Crippen LogP contribution in [0.5, 0.6) is 17.4 Å². The number of aromatic hydroxyl groups is 1. The van der Waals surface area contributed by atoms with Crippen molar-refractivity contribution in [1.82, 2.24) is 9.97 Å². The number of aromatic amines is 1. The zero-order valence-corrected chi connectivity index (χ0v) is 16.3. The number of rotatable bonds is 3. The van der Waals surface area contributed by atoms with E-state index < -0.39 is 11.7 Å². The molecule has 0 saturated carbocycles. The molecule has 0 fully saturated rings. The SMILES string of the molecule is O=c1[nH]c(O)c([C@@H]2CCCc3cc(Oc4ccc(C(F)(F)F)cc4Cl)cnc32)s1. The van der Waals surface area contributed by atoms with Gasteiger partial charge in [0, 0.05) is 5.92 Å². The van der Waals surface area contributed by atoms with Gasteiger partial charge in [-0.15, -0.1) is 0 Å². The van der Waals surface area contributed by atoms with Gasteiger partial charge in [-0.3, -0.25) is 14.8 Å². The lowest BCUT2D eigenvalue weighted by Gasteiger charge is -2.24. The van der Waals surface area contributed by atoms with Crippen molar-refractivity contribution in [1.29, 1.82) is 0 Å². The Bertz CT molecular complexity index is 1130. The molecule has 1 aliphatic rings. The average Bonchev–Trinajstić information content (AvgIpc) is 3.00. The first-order valence-electron chi connectivity index (χ1n) is 8.68. The molecule has 2 aromatic heterocycles. The highest BCUT2D eigenvalue weighted by molar-refractivity contribution is 7.09. The minimum absolute atomic E-state index is 0.0928. The quantitative estimate of drug-likeness (QED) is 0.564. The van der Waals surface area contributed by atoms with Gasteiger partial charge in [0.15, 0.2) is 0 Å². The van der Waals surface area contributed by atoms with Gasteiger partial charge in [-0.2, -0.15) is 13.2 Å². The maximum absolute atomic E-state index is 12.8. The summed E-state index contributed by atoms with van der Waals surface area (Å²) in [5, 5.41) is 9.82. The normalized spacial score (nSPS) is 16.5. The van der Waals surface area contributed by atoms with E-state index in [-0.39, 0.29) is 27.4 Å². The maximum Gasteiger partial charge on any atom is 0.416 e. The van der Waals surface area contributed by atoms with Crippen LogP contribution in [-0.4, -0.2) is 15.1 Å². The summed E-state index contributed by atoms with van der Waals surface area (Å²) < 4.78 is 44.0. The summed E-state index contributed by atoms with van der Waals surface area (Å²) in [6, 6.07) is 4.65. The first-order chi connectivity index (χ1) is 13.7. The lowest BCUT2D eigenvalue weighted by atomic mass is 9.85. The number of H-pyrrole nitrogens is 1. The van der Waals surface area contributed by atoms with Gasteiger partial charge in [0.1, 0.15) is 11.5 Å². The Hall–Kier alpha value is -2.52. The van der Waals surface area contributed by atoms with Crippen LogP contribution in [0.2, 0.25) is 5.02 Å². The predicted octanol–water partition coefficient (Wildman–Crippen LogP) is 5.47. The molecule has 0 spiro atoms. The number of nitrogens with zero attached hydrogens (tertiary/aromatic N) is 1. The van der Waals surface area contributed by atoms with Crippen molar-refractivity contribution in [2.75, 3.05) is 0 Å². The van der Waals surface area contributed by atoms with Gasteiger partial charge in [0.25, 0.3) is 0 Å². The Morgan fingerprint density at radius 3 is 2.76 bits per heavy atom. The molecule has 5 nitrogen and oxygen atoms in total. The Labute approximate surface area is 171 Å². The van der Waals surface area contributed by atoms with E-state index in [0.29, 0.717) is 10.6 Å². The third kappa shape index (κ3) is 3.97. The molecule has 0 saturated heterocycles. The fourth-order valence-electron chi connectivity index (χ4n) is 3.41. The smallest absolute Gasteiger partial charge is 0.416 e. The van der Waals surface area contributed by atoms with E-state index in [0.717, 1.165) is 54.0 Å². The summed E-state index contributed by atoms with van der Waals surface area (Å²) in [7, 11) is 0. The minimum atomic E-state index is -4.49. The number of benzene rings is 1. The molecule has 0 aliphatic heterocycles. The molecule has 3 aromatic rings. The number of aryl methyl sites for hydroxylation is 1. The van der Waals surface area contributed by atoms with Gasteiger partial charge in [-0.25, -0.2) is 0 Å². The highest BCUT2D eigenvalue weighted by Gasteiger charge is 2.31. The number of nitrogens with one attached hydrogen (secondary N) is 1. The van der Waals surface area contributed by atoms with E-state index in [1.807, 2.05) is 0 Å². The monoisotopic (exact) mass is 442 g/mol. The van der Waals surface area contributed by atoms with Crippen LogP contribution in [0.4, 0.5) is 13.2 Å². The van der Waals surface area contributed by atoms with E-state index in [1.54, 1.807) is 6.07 Å². The van der Waals surface area contributed by atoms with Crippen LogP contribution in [-0.2, 0) is 12.6 Å². The summed E-state index contributed by atoms with van der Waals surface area (Å²) >= 11 is 6.90. The third-order valence-electron chi connectivity index (χ3n) is 4.71. The molecule has 0 unspecified atom stereocenters. The number of hydrogen-bond acceptors (Lipinski definition) is 5. The van der Waals surface area contributed by atoms with Gasteiger partial charge < -0.3 is 9.84 Å². The summed E-state index contributed by atoms with van der Waals surface area (Å²) in [6.07, 6.45) is -0.727. The average molecular weight is 443 g/mol. The van der Waals surface area contributed by atoms with E-state index >= 15 is 0 Å². The molecule has 1 aromatic carbocycles. The van der Waals surface area contributed by atoms with Crippen molar-refractivity contribution in [2.45, 2.75) is 31.4 Å². The number of hydrogen-bond donors (Lipinski definition) is 2. The number of thiazole rings is 1. The summed E-state index contributed by atoms with van der Waals surface area (Å²) in [6.45, 7) is 0. The predicted molar refractivity (Wildman–Crippen MR) is 102 cm³/mol. The van der Waals surface area contributed by atoms with E-state index in [4.69, 9.17) is 16.3 Å². The van der Waals surface area contributed by atoms with Gasteiger partial charge in [-0.1, -0.05) is 22.9 Å². The van der Waals surface area contributed by atoms with Crippen molar-refractivity contribution >= 4 is 22.9 Å². The van der Waals surface area contributed by atoms with Gasteiger partial charge in [-0.05, 0) is 49.1 Å². The van der Waals surface area contributed by atoms with Crippen LogP contribution in [0, 0.1) is 0 Å². The van der Waals surface area contributed by atoms with E-state index in [9.17, 15) is 23.1 Å². The van der Waals surface area contributed by atoms with E-state index in [2.05, 4.69) is 9.97 Å². The van der Waals surface area contributed by atoms with Crippen molar-refractivity contribution < 1.29 is 23.0 Å². The molecule has 2 heterocycles. The lowest BCUT2D eigenvalue weighted by Crippen LogP contribution is -2.12. The summed E-state index contributed by atoms with van der Waals surface area (Å²) in [5.41, 5.74) is 0.779. The van der Waals surface area contributed by atoms with Gasteiger partial charge in [0.05, 0.1) is 27.4 Å². The number of fused-ring (bicyclic) bond motifs is 1. The Kier molecular flexibility index (Phi) is 5.04. The number of ether oxygens (including phenoxy) is 1. The van der Waals surface area contributed by atoms with Crippen LogP contribution < -0.4 is 9.61 Å². The van der Waals surface area contributed by atoms with Crippen LogP contribution >= 0.6 is 22.9 Å². The molecule has 0 amide bonds.